The van der Waals surface area contributed by atoms with Gasteiger partial charge in [0.05, 0.1) is 30.3 Å². The maximum Gasteiger partial charge on any atom is 0.0748 e. The first-order valence-corrected chi connectivity index (χ1v) is 6.74. The summed E-state index contributed by atoms with van der Waals surface area (Å²) in [6, 6.07) is 4.56. The Kier molecular flexibility index (Phi) is 4.55. The van der Waals surface area contributed by atoms with Gasteiger partial charge >= 0.3 is 0 Å². The van der Waals surface area contributed by atoms with Crippen molar-refractivity contribution in [2.75, 3.05) is 31.6 Å². The number of hydrogen-bond donors (Lipinski definition) is 1. The van der Waals surface area contributed by atoms with Gasteiger partial charge in [-0.2, -0.15) is 0 Å². The molecule has 1 N–H and O–H groups in total. The molecule has 2 atom stereocenters. The van der Waals surface area contributed by atoms with Crippen LogP contribution >= 0.6 is 0 Å². The van der Waals surface area contributed by atoms with Gasteiger partial charge in [-0.3, -0.25) is 4.98 Å². The third-order valence-electron chi connectivity index (χ3n) is 3.61. The number of anilines is 1. The molecule has 0 aliphatic carbocycles. The lowest BCUT2D eigenvalue weighted by molar-refractivity contribution is 0.0384. The third-order valence-corrected chi connectivity index (χ3v) is 3.61. The van der Waals surface area contributed by atoms with Gasteiger partial charge in [-0.25, -0.2) is 0 Å². The lowest BCUT2D eigenvalue weighted by Gasteiger charge is -2.34. The van der Waals surface area contributed by atoms with Crippen molar-refractivity contribution in [3.8, 4) is 0 Å². The SMILES string of the molecule is CCC1CN(c2ccc(C(C)NC)nc2)CCO1. The Bertz CT molecular complexity index is 366. The van der Waals surface area contributed by atoms with Crippen LogP contribution < -0.4 is 10.2 Å². The summed E-state index contributed by atoms with van der Waals surface area (Å²) < 4.78 is 5.69. The molecule has 0 amide bonds. The average Bonchev–Trinajstić information content (AvgIpc) is 2.46. The number of pyridine rings is 1. The highest BCUT2D eigenvalue weighted by molar-refractivity contribution is 5.45. The van der Waals surface area contributed by atoms with Gasteiger partial charge in [0.1, 0.15) is 0 Å². The molecule has 100 valence electrons. The zero-order valence-corrected chi connectivity index (χ0v) is 11.5. The van der Waals surface area contributed by atoms with Gasteiger partial charge in [0.2, 0.25) is 0 Å². The molecule has 2 rings (SSSR count). The Morgan fingerprint density at radius 1 is 1.56 bits per heavy atom. The molecule has 2 heterocycles. The molecule has 1 saturated heterocycles. The molecule has 0 spiro atoms. The molecule has 2 unspecified atom stereocenters. The minimum Gasteiger partial charge on any atom is -0.375 e. The van der Waals surface area contributed by atoms with Crippen LogP contribution in [0.25, 0.3) is 0 Å². The first-order valence-electron chi connectivity index (χ1n) is 6.74. The molecule has 1 aliphatic rings. The Labute approximate surface area is 109 Å². The van der Waals surface area contributed by atoms with Crippen LogP contribution in [0.15, 0.2) is 18.3 Å². The van der Waals surface area contributed by atoms with Crippen molar-refractivity contribution in [3.05, 3.63) is 24.0 Å². The maximum absolute atomic E-state index is 5.69. The maximum atomic E-state index is 5.69. The minimum absolute atomic E-state index is 0.298. The van der Waals surface area contributed by atoms with Crippen molar-refractivity contribution in [3.63, 3.8) is 0 Å². The van der Waals surface area contributed by atoms with E-state index >= 15 is 0 Å². The summed E-state index contributed by atoms with van der Waals surface area (Å²) in [7, 11) is 1.95. The summed E-state index contributed by atoms with van der Waals surface area (Å²) in [5.41, 5.74) is 2.28. The van der Waals surface area contributed by atoms with Gasteiger partial charge < -0.3 is 15.0 Å². The number of aromatic nitrogens is 1. The quantitative estimate of drug-likeness (QED) is 0.885. The lowest BCUT2D eigenvalue weighted by Crippen LogP contribution is -2.42. The number of ether oxygens (including phenoxy) is 1. The number of hydrogen-bond acceptors (Lipinski definition) is 4. The van der Waals surface area contributed by atoms with Crippen LogP contribution in [-0.4, -0.2) is 37.8 Å². The summed E-state index contributed by atoms with van der Waals surface area (Å²) in [5.74, 6) is 0. The smallest absolute Gasteiger partial charge is 0.0748 e. The topological polar surface area (TPSA) is 37.4 Å². The molecule has 0 saturated carbocycles. The molecule has 1 aromatic rings. The second-order valence-corrected chi connectivity index (χ2v) is 4.80. The second-order valence-electron chi connectivity index (χ2n) is 4.80. The Hall–Kier alpha value is -1.13. The highest BCUT2D eigenvalue weighted by Crippen LogP contribution is 2.19. The largest absolute Gasteiger partial charge is 0.375 e. The number of rotatable bonds is 4. The fourth-order valence-electron chi connectivity index (χ4n) is 2.19. The van der Waals surface area contributed by atoms with Crippen molar-refractivity contribution in [1.29, 1.82) is 0 Å². The summed E-state index contributed by atoms with van der Waals surface area (Å²) in [4.78, 5) is 6.89. The van der Waals surface area contributed by atoms with E-state index in [1.165, 1.54) is 5.69 Å². The van der Waals surface area contributed by atoms with Gasteiger partial charge in [-0.05, 0) is 32.5 Å². The van der Waals surface area contributed by atoms with Gasteiger partial charge in [0.15, 0.2) is 0 Å². The van der Waals surface area contributed by atoms with Crippen molar-refractivity contribution in [2.24, 2.45) is 0 Å². The van der Waals surface area contributed by atoms with E-state index in [2.05, 4.69) is 41.2 Å². The van der Waals surface area contributed by atoms with Crippen molar-refractivity contribution >= 4 is 5.69 Å². The molecule has 4 nitrogen and oxygen atoms in total. The van der Waals surface area contributed by atoms with E-state index in [0.717, 1.165) is 31.8 Å². The molecule has 1 aliphatic heterocycles. The zero-order valence-electron chi connectivity index (χ0n) is 11.5. The molecule has 4 heteroatoms. The Balaban J connectivity index is 2.04. The molecular formula is C14H23N3O. The first kappa shape index (κ1) is 13.3. The molecule has 1 fully saturated rings. The molecule has 0 radical (unpaired) electrons. The fraction of sp³-hybridized carbons (Fsp3) is 0.643. The normalized spacial score (nSPS) is 21.9. The van der Waals surface area contributed by atoms with Crippen LogP contribution in [0, 0.1) is 0 Å². The number of morpholine rings is 1. The van der Waals surface area contributed by atoms with Crippen LogP contribution in [0.1, 0.15) is 32.0 Å². The van der Waals surface area contributed by atoms with E-state index in [0.29, 0.717) is 12.1 Å². The predicted molar refractivity (Wildman–Crippen MR) is 74.0 cm³/mol. The van der Waals surface area contributed by atoms with Crippen molar-refractivity contribution in [2.45, 2.75) is 32.4 Å². The molecular weight excluding hydrogens is 226 g/mol. The van der Waals surface area contributed by atoms with Crippen molar-refractivity contribution in [1.82, 2.24) is 10.3 Å². The van der Waals surface area contributed by atoms with Crippen LogP contribution in [0.2, 0.25) is 0 Å². The second kappa shape index (κ2) is 6.16. The highest BCUT2D eigenvalue weighted by atomic mass is 16.5. The summed E-state index contributed by atoms with van der Waals surface area (Å²) in [6.07, 6.45) is 3.40. The van der Waals surface area contributed by atoms with Crippen LogP contribution in [0.5, 0.6) is 0 Å². The van der Waals surface area contributed by atoms with Gasteiger partial charge in [0, 0.05) is 19.1 Å². The van der Waals surface area contributed by atoms with Crippen LogP contribution in [0.4, 0.5) is 5.69 Å². The highest BCUT2D eigenvalue weighted by Gasteiger charge is 2.19. The first-order chi connectivity index (χ1) is 8.74. The van der Waals surface area contributed by atoms with E-state index < -0.39 is 0 Å². The standard InChI is InChI=1S/C14H23N3O/c1-4-13-10-17(7-8-18-13)12-5-6-14(16-9-12)11(2)15-3/h5-6,9,11,13,15H,4,7-8,10H2,1-3H3. The molecule has 1 aromatic heterocycles. The Morgan fingerprint density at radius 2 is 2.39 bits per heavy atom. The van der Waals surface area contributed by atoms with E-state index in [1.54, 1.807) is 0 Å². The van der Waals surface area contributed by atoms with Gasteiger partial charge in [-0.15, -0.1) is 0 Å². The van der Waals surface area contributed by atoms with Gasteiger partial charge in [0.25, 0.3) is 0 Å². The van der Waals surface area contributed by atoms with Crippen molar-refractivity contribution < 1.29 is 4.74 Å². The minimum atomic E-state index is 0.298. The summed E-state index contributed by atoms with van der Waals surface area (Å²) in [5, 5.41) is 3.20. The summed E-state index contributed by atoms with van der Waals surface area (Å²) in [6.45, 7) is 7.03. The zero-order chi connectivity index (χ0) is 13.0. The number of nitrogens with zero attached hydrogens (tertiary/aromatic N) is 2. The fourth-order valence-corrected chi connectivity index (χ4v) is 2.19. The van der Waals surface area contributed by atoms with E-state index in [-0.39, 0.29) is 0 Å². The Morgan fingerprint density at radius 3 is 3.00 bits per heavy atom. The van der Waals surface area contributed by atoms with E-state index in [1.807, 2.05) is 13.2 Å². The molecule has 0 bridgehead atoms. The third kappa shape index (κ3) is 3.00. The summed E-state index contributed by atoms with van der Waals surface area (Å²) >= 11 is 0. The molecule has 0 aromatic carbocycles. The van der Waals surface area contributed by atoms with E-state index in [4.69, 9.17) is 4.74 Å². The number of nitrogens with one attached hydrogen (secondary N) is 1. The van der Waals surface area contributed by atoms with Crippen LogP contribution in [0.3, 0.4) is 0 Å². The average molecular weight is 249 g/mol. The monoisotopic (exact) mass is 249 g/mol. The van der Waals surface area contributed by atoms with E-state index in [9.17, 15) is 0 Å². The molecule has 18 heavy (non-hydrogen) atoms. The predicted octanol–water partition coefficient (Wildman–Crippen LogP) is 1.98. The van der Waals surface area contributed by atoms with Gasteiger partial charge in [-0.1, -0.05) is 6.92 Å². The lowest BCUT2D eigenvalue weighted by atomic mass is 10.2. The van der Waals surface area contributed by atoms with Crippen LogP contribution in [-0.2, 0) is 4.74 Å².